The maximum atomic E-state index is 12.1. The van der Waals surface area contributed by atoms with Crippen LogP contribution in [-0.4, -0.2) is 10.1 Å². The molecule has 0 saturated heterocycles. The molecule has 0 saturated carbocycles. The van der Waals surface area contributed by atoms with Crippen LogP contribution in [0.5, 0.6) is 5.75 Å². The molecule has 0 aromatic carbocycles. The number of aromatic nitrogens is 1. The summed E-state index contributed by atoms with van der Waals surface area (Å²) in [6.45, 7) is 0. The molecule has 0 aliphatic heterocycles. The smallest absolute Gasteiger partial charge is 0.267 e. The summed E-state index contributed by atoms with van der Waals surface area (Å²) < 4.78 is 24.1. The van der Waals surface area contributed by atoms with Crippen molar-refractivity contribution in [3.8, 4) is 5.75 Å². The number of hydrogen-bond donors (Lipinski definition) is 2. The number of pyridine rings is 1. The summed E-state index contributed by atoms with van der Waals surface area (Å²) in [4.78, 5) is 3.32. The van der Waals surface area contributed by atoms with E-state index in [0.717, 1.165) is 6.20 Å². The lowest BCUT2D eigenvalue weighted by Crippen LogP contribution is -1.97. The molecule has 0 aliphatic rings. The van der Waals surface area contributed by atoms with Gasteiger partial charge in [0.2, 0.25) is 0 Å². The van der Waals surface area contributed by atoms with Gasteiger partial charge in [-0.25, -0.2) is 13.8 Å². The molecule has 0 radical (unpaired) electrons. The quantitative estimate of drug-likeness (QED) is 0.672. The van der Waals surface area contributed by atoms with Gasteiger partial charge in [-0.2, -0.15) is 0 Å². The Hall–Kier alpha value is -1.10. The largest absolute Gasteiger partial charge is 0.503 e. The number of nitrogens with two attached hydrogens (primary N) is 1. The Balaban J connectivity index is 3.27. The van der Waals surface area contributed by atoms with Crippen molar-refractivity contribution >= 4 is 17.3 Å². The van der Waals surface area contributed by atoms with E-state index < -0.39 is 23.4 Å². The number of anilines is 1. The monoisotopic (exact) mass is 194 g/mol. The third-order valence-electron chi connectivity index (χ3n) is 1.31. The number of alkyl halides is 2. The Bertz CT molecular complexity index is 306. The molecule has 1 aromatic rings. The van der Waals surface area contributed by atoms with E-state index in [0.29, 0.717) is 0 Å². The van der Waals surface area contributed by atoms with Crippen LogP contribution >= 0.6 is 11.6 Å². The molecule has 0 fully saturated rings. The van der Waals surface area contributed by atoms with Gasteiger partial charge in [0.1, 0.15) is 0 Å². The van der Waals surface area contributed by atoms with Crippen molar-refractivity contribution in [2.45, 2.75) is 6.43 Å². The summed E-state index contributed by atoms with van der Waals surface area (Å²) in [6.07, 6.45) is -1.93. The molecule has 1 aromatic heterocycles. The fourth-order valence-electron chi connectivity index (χ4n) is 0.679. The number of nitrogens with zero attached hydrogens (tertiary/aromatic N) is 1. The third kappa shape index (κ3) is 1.40. The molecule has 0 aliphatic carbocycles. The van der Waals surface area contributed by atoms with Gasteiger partial charge >= 0.3 is 0 Å². The van der Waals surface area contributed by atoms with Crippen molar-refractivity contribution in [1.29, 1.82) is 0 Å². The highest BCUT2D eigenvalue weighted by Gasteiger charge is 2.16. The van der Waals surface area contributed by atoms with Gasteiger partial charge in [0.15, 0.2) is 10.9 Å². The average Bonchev–Trinajstić information content (AvgIpc) is 2.00. The van der Waals surface area contributed by atoms with E-state index in [4.69, 9.17) is 22.4 Å². The van der Waals surface area contributed by atoms with Crippen molar-refractivity contribution in [1.82, 2.24) is 4.98 Å². The van der Waals surface area contributed by atoms with Crippen molar-refractivity contribution in [2.24, 2.45) is 0 Å². The van der Waals surface area contributed by atoms with Gasteiger partial charge in [0.25, 0.3) is 6.43 Å². The zero-order valence-electron chi connectivity index (χ0n) is 5.76. The van der Waals surface area contributed by atoms with Gasteiger partial charge in [0.05, 0.1) is 11.3 Å². The van der Waals surface area contributed by atoms with Crippen LogP contribution in [0.2, 0.25) is 5.15 Å². The van der Waals surface area contributed by atoms with Crippen LogP contribution in [0.1, 0.15) is 12.0 Å². The van der Waals surface area contributed by atoms with E-state index >= 15 is 0 Å². The molecule has 1 rings (SSSR count). The Morgan fingerprint density at radius 2 is 2.17 bits per heavy atom. The molecule has 1 heterocycles. The molecular weight excluding hydrogens is 190 g/mol. The Kier molecular flexibility index (Phi) is 2.32. The summed E-state index contributed by atoms with van der Waals surface area (Å²) in [6, 6.07) is 0. The van der Waals surface area contributed by atoms with E-state index in [1.807, 2.05) is 0 Å². The maximum Gasteiger partial charge on any atom is 0.267 e. The standard InChI is InChI=1S/C6H5ClF2N2O/c7-5-4(12)3(10)2(1-11-5)6(8)9/h1,6,12H,(H2,10,11). The molecule has 3 N–H and O–H groups in total. The second-order valence-electron chi connectivity index (χ2n) is 2.07. The van der Waals surface area contributed by atoms with E-state index in [1.165, 1.54) is 0 Å². The summed E-state index contributed by atoms with van der Waals surface area (Å²) in [5.41, 5.74) is 4.19. The highest BCUT2D eigenvalue weighted by atomic mass is 35.5. The Labute approximate surface area is 71.8 Å². The highest BCUT2D eigenvalue weighted by molar-refractivity contribution is 6.31. The van der Waals surface area contributed by atoms with Gasteiger partial charge in [-0.15, -0.1) is 0 Å². The fourth-order valence-corrected chi connectivity index (χ4v) is 0.829. The molecule has 3 nitrogen and oxygen atoms in total. The normalized spacial score (nSPS) is 10.7. The first-order valence-electron chi connectivity index (χ1n) is 2.95. The van der Waals surface area contributed by atoms with Gasteiger partial charge in [-0.3, -0.25) is 0 Å². The first kappa shape index (κ1) is 8.99. The fraction of sp³-hybridized carbons (Fsp3) is 0.167. The lowest BCUT2D eigenvalue weighted by atomic mass is 10.2. The number of aromatic hydroxyl groups is 1. The second kappa shape index (κ2) is 3.10. The molecule has 6 heteroatoms. The van der Waals surface area contributed by atoms with Crippen LogP contribution in [0.4, 0.5) is 14.5 Å². The minimum Gasteiger partial charge on any atom is -0.503 e. The number of halogens is 3. The van der Waals surface area contributed by atoms with Crippen LogP contribution in [0.25, 0.3) is 0 Å². The third-order valence-corrected chi connectivity index (χ3v) is 1.59. The van der Waals surface area contributed by atoms with Gasteiger partial charge in [-0.1, -0.05) is 11.6 Å². The molecule has 0 spiro atoms. The van der Waals surface area contributed by atoms with E-state index in [1.54, 1.807) is 0 Å². The first-order chi connectivity index (χ1) is 5.54. The molecule has 0 atom stereocenters. The zero-order chi connectivity index (χ0) is 9.30. The summed E-state index contributed by atoms with van der Waals surface area (Å²) in [5, 5.41) is 8.70. The topological polar surface area (TPSA) is 59.1 Å². The summed E-state index contributed by atoms with van der Waals surface area (Å²) >= 11 is 5.30. The maximum absolute atomic E-state index is 12.1. The minimum atomic E-state index is -2.76. The van der Waals surface area contributed by atoms with Crippen LogP contribution in [0.3, 0.4) is 0 Å². The average molecular weight is 195 g/mol. The first-order valence-corrected chi connectivity index (χ1v) is 3.32. The van der Waals surface area contributed by atoms with Crippen molar-refractivity contribution in [2.75, 3.05) is 5.73 Å². The molecule has 0 unspecified atom stereocenters. The van der Waals surface area contributed by atoms with Gasteiger partial charge in [0, 0.05) is 6.20 Å². The Morgan fingerprint density at radius 3 is 2.67 bits per heavy atom. The molecule has 0 amide bonds. The number of rotatable bonds is 1. The second-order valence-corrected chi connectivity index (χ2v) is 2.43. The SMILES string of the molecule is Nc1c(C(F)F)cnc(Cl)c1O. The van der Waals surface area contributed by atoms with E-state index in [9.17, 15) is 8.78 Å². The molecule has 0 bridgehead atoms. The van der Waals surface area contributed by atoms with Crippen molar-refractivity contribution in [3.63, 3.8) is 0 Å². The highest BCUT2D eigenvalue weighted by Crippen LogP contribution is 2.34. The Morgan fingerprint density at radius 1 is 1.58 bits per heavy atom. The predicted octanol–water partition coefficient (Wildman–Crippen LogP) is 1.96. The lowest BCUT2D eigenvalue weighted by molar-refractivity contribution is 0.151. The van der Waals surface area contributed by atoms with Crippen LogP contribution in [0.15, 0.2) is 6.20 Å². The molecule has 12 heavy (non-hydrogen) atoms. The van der Waals surface area contributed by atoms with Crippen molar-refractivity contribution < 1.29 is 13.9 Å². The van der Waals surface area contributed by atoms with E-state index in [-0.39, 0.29) is 5.15 Å². The summed E-state index contributed by atoms with van der Waals surface area (Å²) in [5.74, 6) is -0.602. The minimum absolute atomic E-state index is 0.281. The van der Waals surface area contributed by atoms with Crippen LogP contribution in [-0.2, 0) is 0 Å². The van der Waals surface area contributed by atoms with Crippen molar-refractivity contribution in [3.05, 3.63) is 16.9 Å². The number of nitrogen functional groups attached to an aromatic ring is 1. The molecule has 66 valence electrons. The predicted molar refractivity (Wildman–Crippen MR) is 40.3 cm³/mol. The van der Waals surface area contributed by atoms with Crippen LogP contribution < -0.4 is 5.73 Å². The van der Waals surface area contributed by atoms with Gasteiger partial charge < -0.3 is 10.8 Å². The van der Waals surface area contributed by atoms with Gasteiger partial charge in [-0.05, 0) is 0 Å². The molecular formula is C6H5ClF2N2O. The summed E-state index contributed by atoms with van der Waals surface area (Å²) in [7, 11) is 0. The lowest BCUT2D eigenvalue weighted by Gasteiger charge is -2.05. The van der Waals surface area contributed by atoms with E-state index in [2.05, 4.69) is 4.98 Å². The zero-order valence-corrected chi connectivity index (χ0v) is 6.52. The van der Waals surface area contributed by atoms with Crippen LogP contribution in [0, 0.1) is 0 Å². The number of hydrogen-bond acceptors (Lipinski definition) is 3.